The molecule has 0 saturated heterocycles. The molecule has 0 amide bonds. The third-order valence-corrected chi connectivity index (χ3v) is 2.55. The van der Waals surface area contributed by atoms with E-state index in [4.69, 9.17) is 5.11 Å². The molecule has 7 heteroatoms. The zero-order chi connectivity index (χ0) is 15.4. The molecule has 1 aromatic carbocycles. The van der Waals surface area contributed by atoms with Gasteiger partial charge in [-0.05, 0) is 26.0 Å². The summed E-state index contributed by atoms with van der Waals surface area (Å²) in [5.74, 6) is -3.54. The van der Waals surface area contributed by atoms with E-state index in [-0.39, 0.29) is 13.1 Å². The van der Waals surface area contributed by atoms with Gasteiger partial charge in [-0.1, -0.05) is 0 Å². The van der Waals surface area contributed by atoms with Crippen molar-refractivity contribution in [2.75, 3.05) is 18.0 Å². The Kier molecular flexibility index (Phi) is 5.41. The zero-order valence-corrected chi connectivity index (χ0v) is 11.2. The van der Waals surface area contributed by atoms with E-state index in [1.165, 1.54) is 13.8 Å². The monoisotopic (exact) mass is 289 g/mol. The number of aliphatic hydroxyl groups is 2. The predicted molar refractivity (Wildman–Crippen MR) is 68.9 cm³/mol. The van der Waals surface area contributed by atoms with E-state index in [0.717, 1.165) is 4.90 Å². The lowest BCUT2D eigenvalue weighted by Gasteiger charge is -2.28. The number of carboxylic acid groups (broad SMARTS) is 1. The number of rotatable bonds is 6. The molecule has 20 heavy (non-hydrogen) atoms. The first-order valence-electron chi connectivity index (χ1n) is 6.05. The van der Waals surface area contributed by atoms with Crippen LogP contribution in [-0.2, 0) is 0 Å². The summed E-state index contributed by atoms with van der Waals surface area (Å²) in [7, 11) is 0. The number of hydrogen-bond donors (Lipinski definition) is 3. The Morgan fingerprint density at radius 3 is 1.85 bits per heavy atom. The summed E-state index contributed by atoms with van der Waals surface area (Å²) in [6.07, 6.45) is -1.74. The van der Waals surface area contributed by atoms with Crippen LogP contribution in [0.25, 0.3) is 0 Å². The number of carboxylic acids is 1. The van der Waals surface area contributed by atoms with Crippen LogP contribution in [0.2, 0.25) is 0 Å². The van der Waals surface area contributed by atoms with Gasteiger partial charge in [-0.2, -0.15) is 0 Å². The highest BCUT2D eigenvalue weighted by atomic mass is 19.1. The van der Waals surface area contributed by atoms with E-state index < -0.39 is 41.1 Å². The molecule has 1 aromatic rings. The second kappa shape index (κ2) is 6.62. The molecule has 5 nitrogen and oxygen atoms in total. The SMILES string of the molecule is CC(O)CN(CC(C)O)c1c(F)cc(C(=O)O)cc1F. The smallest absolute Gasteiger partial charge is 0.335 e. The molecule has 2 unspecified atom stereocenters. The lowest BCUT2D eigenvalue weighted by Crippen LogP contribution is -2.37. The fourth-order valence-electron chi connectivity index (χ4n) is 1.89. The highest BCUT2D eigenvalue weighted by molar-refractivity contribution is 5.88. The quantitative estimate of drug-likeness (QED) is 0.734. The van der Waals surface area contributed by atoms with Crippen molar-refractivity contribution in [3.63, 3.8) is 0 Å². The van der Waals surface area contributed by atoms with Gasteiger partial charge in [0.15, 0.2) is 0 Å². The first-order chi connectivity index (χ1) is 9.22. The van der Waals surface area contributed by atoms with Crippen molar-refractivity contribution < 1.29 is 28.9 Å². The summed E-state index contributed by atoms with van der Waals surface area (Å²) in [6.45, 7) is 2.70. The van der Waals surface area contributed by atoms with Crippen LogP contribution in [-0.4, -0.2) is 46.6 Å². The predicted octanol–water partition coefficient (Wildman–Crippen LogP) is 1.23. The molecule has 0 aliphatic heterocycles. The minimum absolute atomic E-state index is 0.0921. The van der Waals surface area contributed by atoms with Crippen molar-refractivity contribution in [2.24, 2.45) is 0 Å². The molecule has 2 atom stereocenters. The second-order valence-electron chi connectivity index (χ2n) is 4.70. The third kappa shape index (κ3) is 4.14. The second-order valence-corrected chi connectivity index (χ2v) is 4.70. The van der Waals surface area contributed by atoms with Crippen molar-refractivity contribution in [1.82, 2.24) is 0 Å². The van der Waals surface area contributed by atoms with E-state index in [1.54, 1.807) is 0 Å². The number of halogens is 2. The van der Waals surface area contributed by atoms with E-state index in [1.807, 2.05) is 0 Å². The summed E-state index contributed by atoms with van der Waals surface area (Å²) in [6, 6.07) is 1.41. The summed E-state index contributed by atoms with van der Waals surface area (Å²) < 4.78 is 27.8. The number of nitrogens with zero attached hydrogens (tertiary/aromatic N) is 1. The maximum absolute atomic E-state index is 13.9. The molecule has 0 bridgehead atoms. The Balaban J connectivity index is 3.22. The van der Waals surface area contributed by atoms with E-state index >= 15 is 0 Å². The molecular weight excluding hydrogens is 272 g/mol. The standard InChI is InChI=1S/C13H17F2NO4/c1-7(17)5-16(6-8(2)18)12-10(14)3-9(13(19)20)4-11(12)15/h3-4,7-8,17-18H,5-6H2,1-2H3,(H,19,20). The normalized spacial score (nSPS) is 13.9. The number of benzene rings is 1. The van der Waals surface area contributed by atoms with Gasteiger partial charge >= 0.3 is 5.97 Å². The number of carbonyl (C=O) groups is 1. The zero-order valence-electron chi connectivity index (χ0n) is 11.2. The van der Waals surface area contributed by atoms with Crippen molar-refractivity contribution in [3.8, 4) is 0 Å². The molecule has 0 saturated carbocycles. The van der Waals surface area contributed by atoms with Gasteiger partial charge in [-0.3, -0.25) is 0 Å². The molecule has 0 heterocycles. The van der Waals surface area contributed by atoms with Crippen LogP contribution in [0.3, 0.4) is 0 Å². The maximum Gasteiger partial charge on any atom is 0.335 e. The van der Waals surface area contributed by atoms with E-state index in [9.17, 15) is 23.8 Å². The summed E-state index contributed by atoms with van der Waals surface area (Å²) in [4.78, 5) is 11.9. The Morgan fingerprint density at radius 2 is 1.55 bits per heavy atom. The molecule has 0 fully saturated rings. The number of aliphatic hydroxyl groups excluding tert-OH is 2. The van der Waals surface area contributed by atoms with Crippen molar-refractivity contribution >= 4 is 11.7 Å². The van der Waals surface area contributed by atoms with Gasteiger partial charge in [0.1, 0.15) is 17.3 Å². The summed E-state index contributed by atoms with van der Waals surface area (Å²) in [5, 5.41) is 27.4. The maximum atomic E-state index is 13.9. The van der Waals surface area contributed by atoms with E-state index in [2.05, 4.69) is 0 Å². The summed E-state index contributed by atoms with van der Waals surface area (Å²) in [5.41, 5.74) is -0.963. The van der Waals surface area contributed by atoms with Crippen LogP contribution in [0.5, 0.6) is 0 Å². The Hall–Kier alpha value is -1.73. The highest BCUT2D eigenvalue weighted by Gasteiger charge is 2.22. The van der Waals surface area contributed by atoms with Crippen molar-refractivity contribution in [1.29, 1.82) is 0 Å². The van der Waals surface area contributed by atoms with Gasteiger partial charge in [-0.15, -0.1) is 0 Å². The van der Waals surface area contributed by atoms with Gasteiger partial charge in [0.05, 0.1) is 17.8 Å². The van der Waals surface area contributed by atoms with Crippen molar-refractivity contribution in [2.45, 2.75) is 26.1 Å². The number of hydrogen-bond acceptors (Lipinski definition) is 4. The van der Waals surface area contributed by atoms with Gasteiger partial charge in [0.25, 0.3) is 0 Å². The van der Waals surface area contributed by atoms with Crippen LogP contribution in [0.1, 0.15) is 24.2 Å². The molecule has 1 rings (SSSR count). The topological polar surface area (TPSA) is 81.0 Å². The van der Waals surface area contributed by atoms with Gasteiger partial charge in [-0.25, -0.2) is 13.6 Å². The van der Waals surface area contributed by atoms with Crippen LogP contribution in [0, 0.1) is 11.6 Å². The fourth-order valence-corrected chi connectivity index (χ4v) is 1.89. The average molecular weight is 289 g/mol. The Morgan fingerprint density at radius 1 is 1.15 bits per heavy atom. The lowest BCUT2D eigenvalue weighted by molar-refractivity contribution is 0.0695. The van der Waals surface area contributed by atoms with Crippen LogP contribution in [0.15, 0.2) is 12.1 Å². The molecular formula is C13H17F2NO4. The molecule has 0 radical (unpaired) electrons. The first kappa shape index (κ1) is 16.3. The minimum atomic E-state index is -1.44. The summed E-state index contributed by atoms with van der Waals surface area (Å²) >= 11 is 0. The molecule has 0 aromatic heterocycles. The molecule has 112 valence electrons. The lowest BCUT2D eigenvalue weighted by atomic mass is 10.1. The minimum Gasteiger partial charge on any atom is -0.478 e. The van der Waals surface area contributed by atoms with Crippen molar-refractivity contribution in [3.05, 3.63) is 29.3 Å². The van der Waals surface area contributed by atoms with Gasteiger partial charge < -0.3 is 20.2 Å². The Bertz CT molecular complexity index is 458. The van der Waals surface area contributed by atoms with Crippen LogP contribution in [0.4, 0.5) is 14.5 Å². The van der Waals surface area contributed by atoms with Gasteiger partial charge in [0, 0.05) is 13.1 Å². The van der Waals surface area contributed by atoms with E-state index in [0.29, 0.717) is 12.1 Å². The van der Waals surface area contributed by atoms with Crippen LogP contribution < -0.4 is 4.90 Å². The molecule has 0 spiro atoms. The highest BCUT2D eigenvalue weighted by Crippen LogP contribution is 2.25. The Labute approximate surface area is 115 Å². The largest absolute Gasteiger partial charge is 0.478 e. The molecule has 0 aliphatic rings. The third-order valence-electron chi connectivity index (χ3n) is 2.55. The fraction of sp³-hybridized carbons (Fsp3) is 0.462. The average Bonchev–Trinajstić information content (AvgIpc) is 2.25. The first-order valence-corrected chi connectivity index (χ1v) is 6.05. The molecule has 3 N–H and O–H groups in total. The number of aromatic carboxylic acids is 1. The van der Waals surface area contributed by atoms with Crippen LogP contribution >= 0.6 is 0 Å². The number of anilines is 1. The molecule has 0 aliphatic carbocycles. The van der Waals surface area contributed by atoms with Gasteiger partial charge in [0.2, 0.25) is 0 Å².